The number of aliphatic hydroxyl groups is 1. The number of pyridine rings is 1. The Labute approximate surface area is 153 Å². The summed E-state index contributed by atoms with van der Waals surface area (Å²) in [6.07, 6.45) is 9.89. The van der Waals surface area contributed by atoms with Gasteiger partial charge in [0.15, 0.2) is 0 Å². The summed E-state index contributed by atoms with van der Waals surface area (Å²) in [4.78, 5) is 4.09. The minimum absolute atomic E-state index is 0.227. The molecule has 4 nitrogen and oxygen atoms in total. The molecule has 1 aromatic heterocycles. The average Bonchev–Trinajstić information content (AvgIpc) is 2.65. The standard InChI is InChI=1S/C22H21NO3/c1-3-14-25-19-9-10-20-18(15-19)7-4-8-21(20)26-22(2,24)12-11-17-6-5-13-23-16-17/h1,4-10,13,15-16,24H,11-12,14H2,2H3. The number of hydrogen-bond acceptors (Lipinski definition) is 4. The fourth-order valence-corrected chi connectivity index (χ4v) is 2.75. The predicted octanol–water partition coefficient (Wildman–Crippen LogP) is 3.97. The Balaban J connectivity index is 1.75. The zero-order valence-electron chi connectivity index (χ0n) is 14.7. The maximum atomic E-state index is 10.7. The highest BCUT2D eigenvalue weighted by Crippen LogP contribution is 2.31. The highest BCUT2D eigenvalue weighted by atomic mass is 16.6. The molecular formula is C22H21NO3. The molecule has 0 aliphatic rings. The third-order valence-corrected chi connectivity index (χ3v) is 4.06. The van der Waals surface area contributed by atoms with Crippen molar-refractivity contribution in [3.63, 3.8) is 0 Å². The first-order valence-corrected chi connectivity index (χ1v) is 8.47. The maximum absolute atomic E-state index is 10.7. The van der Waals surface area contributed by atoms with Gasteiger partial charge in [0.05, 0.1) is 0 Å². The quantitative estimate of drug-likeness (QED) is 0.519. The van der Waals surface area contributed by atoms with E-state index in [2.05, 4.69) is 10.9 Å². The van der Waals surface area contributed by atoms with Gasteiger partial charge in [0.2, 0.25) is 5.79 Å². The smallest absolute Gasteiger partial charge is 0.205 e. The lowest BCUT2D eigenvalue weighted by atomic mass is 10.1. The topological polar surface area (TPSA) is 51.6 Å². The van der Waals surface area contributed by atoms with Crippen molar-refractivity contribution in [1.29, 1.82) is 0 Å². The second-order valence-electron chi connectivity index (χ2n) is 6.27. The normalized spacial score (nSPS) is 13.0. The van der Waals surface area contributed by atoms with E-state index in [0.29, 0.717) is 24.3 Å². The second-order valence-corrected chi connectivity index (χ2v) is 6.27. The monoisotopic (exact) mass is 347 g/mol. The summed E-state index contributed by atoms with van der Waals surface area (Å²) < 4.78 is 11.4. The van der Waals surface area contributed by atoms with Gasteiger partial charge in [-0.15, -0.1) is 6.42 Å². The van der Waals surface area contributed by atoms with E-state index in [4.69, 9.17) is 15.9 Å². The Morgan fingerprint density at radius 2 is 2.08 bits per heavy atom. The molecule has 0 saturated carbocycles. The highest BCUT2D eigenvalue weighted by Gasteiger charge is 2.23. The van der Waals surface area contributed by atoms with Crippen LogP contribution in [0.5, 0.6) is 11.5 Å². The van der Waals surface area contributed by atoms with Gasteiger partial charge in [-0.1, -0.05) is 24.1 Å². The van der Waals surface area contributed by atoms with Gasteiger partial charge >= 0.3 is 0 Å². The van der Waals surface area contributed by atoms with E-state index in [1.54, 1.807) is 19.3 Å². The molecule has 0 aliphatic carbocycles. The molecule has 0 saturated heterocycles. The molecule has 0 spiro atoms. The molecule has 4 heteroatoms. The molecule has 3 rings (SSSR count). The van der Waals surface area contributed by atoms with Crippen molar-refractivity contribution in [1.82, 2.24) is 4.98 Å². The van der Waals surface area contributed by atoms with Crippen LogP contribution in [0.15, 0.2) is 60.9 Å². The summed E-state index contributed by atoms with van der Waals surface area (Å²) in [5.74, 6) is 2.49. The minimum Gasteiger partial charge on any atom is -0.481 e. The van der Waals surface area contributed by atoms with Crippen LogP contribution in [0.25, 0.3) is 10.8 Å². The van der Waals surface area contributed by atoms with E-state index < -0.39 is 5.79 Å². The van der Waals surface area contributed by atoms with Crippen molar-refractivity contribution in [2.45, 2.75) is 25.6 Å². The van der Waals surface area contributed by atoms with Crippen molar-refractivity contribution in [2.75, 3.05) is 6.61 Å². The average molecular weight is 347 g/mol. The Morgan fingerprint density at radius 1 is 1.19 bits per heavy atom. The third-order valence-electron chi connectivity index (χ3n) is 4.06. The van der Waals surface area contributed by atoms with Crippen molar-refractivity contribution in [3.05, 3.63) is 66.5 Å². The van der Waals surface area contributed by atoms with Crippen LogP contribution < -0.4 is 9.47 Å². The molecular weight excluding hydrogens is 326 g/mol. The number of rotatable bonds is 7. The summed E-state index contributed by atoms with van der Waals surface area (Å²) in [6.45, 7) is 1.90. The molecule has 0 radical (unpaired) electrons. The number of hydrogen-bond donors (Lipinski definition) is 1. The van der Waals surface area contributed by atoms with Gasteiger partial charge in [0.1, 0.15) is 18.1 Å². The maximum Gasteiger partial charge on any atom is 0.205 e. The second kappa shape index (κ2) is 7.90. The Morgan fingerprint density at radius 3 is 2.85 bits per heavy atom. The van der Waals surface area contributed by atoms with E-state index >= 15 is 0 Å². The van der Waals surface area contributed by atoms with Crippen LogP contribution in [-0.2, 0) is 6.42 Å². The Hall–Kier alpha value is -3.03. The molecule has 132 valence electrons. The summed E-state index contributed by atoms with van der Waals surface area (Å²) in [6, 6.07) is 15.2. The minimum atomic E-state index is -1.29. The van der Waals surface area contributed by atoms with Crippen LogP contribution in [0.1, 0.15) is 18.9 Å². The van der Waals surface area contributed by atoms with Crippen LogP contribution in [-0.4, -0.2) is 22.5 Å². The summed E-state index contributed by atoms with van der Waals surface area (Å²) in [5.41, 5.74) is 1.06. The fraction of sp³-hybridized carbons (Fsp3) is 0.227. The van der Waals surface area contributed by atoms with Crippen LogP contribution >= 0.6 is 0 Å². The van der Waals surface area contributed by atoms with Crippen molar-refractivity contribution < 1.29 is 14.6 Å². The fourth-order valence-electron chi connectivity index (χ4n) is 2.75. The van der Waals surface area contributed by atoms with E-state index in [-0.39, 0.29) is 6.61 Å². The van der Waals surface area contributed by atoms with Gasteiger partial charge in [0, 0.05) is 31.1 Å². The zero-order valence-corrected chi connectivity index (χ0v) is 14.7. The van der Waals surface area contributed by atoms with Crippen LogP contribution in [0.3, 0.4) is 0 Å². The molecule has 1 unspecified atom stereocenters. The lowest BCUT2D eigenvalue weighted by Crippen LogP contribution is -2.32. The largest absolute Gasteiger partial charge is 0.481 e. The van der Waals surface area contributed by atoms with E-state index in [0.717, 1.165) is 16.3 Å². The number of ether oxygens (including phenoxy) is 2. The summed E-state index contributed by atoms with van der Waals surface area (Å²) in [5, 5.41) is 12.5. The van der Waals surface area contributed by atoms with Gasteiger partial charge in [-0.25, -0.2) is 0 Å². The lowest BCUT2D eigenvalue weighted by Gasteiger charge is -2.25. The SMILES string of the molecule is C#CCOc1ccc2c(OC(C)(O)CCc3cccnc3)cccc2c1. The number of benzene rings is 2. The Bertz CT molecular complexity index is 914. The van der Waals surface area contributed by atoms with Gasteiger partial charge < -0.3 is 14.6 Å². The van der Waals surface area contributed by atoms with Gasteiger partial charge in [-0.2, -0.15) is 0 Å². The highest BCUT2D eigenvalue weighted by molar-refractivity contribution is 5.89. The number of aryl methyl sites for hydroxylation is 1. The molecule has 1 atom stereocenters. The molecule has 3 aromatic rings. The number of aromatic nitrogens is 1. The van der Waals surface area contributed by atoms with Gasteiger partial charge in [0.25, 0.3) is 0 Å². The van der Waals surface area contributed by atoms with E-state index in [1.807, 2.05) is 48.5 Å². The molecule has 1 heterocycles. The van der Waals surface area contributed by atoms with Crippen LogP contribution in [0.2, 0.25) is 0 Å². The van der Waals surface area contributed by atoms with Crippen molar-refractivity contribution in [2.24, 2.45) is 0 Å². The van der Waals surface area contributed by atoms with Gasteiger partial charge in [-0.3, -0.25) is 4.98 Å². The first-order chi connectivity index (χ1) is 12.6. The van der Waals surface area contributed by atoms with E-state index in [9.17, 15) is 5.11 Å². The predicted molar refractivity (Wildman–Crippen MR) is 102 cm³/mol. The van der Waals surface area contributed by atoms with Crippen LogP contribution in [0, 0.1) is 12.3 Å². The molecule has 0 aliphatic heterocycles. The molecule has 2 aromatic carbocycles. The zero-order chi connectivity index (χ0) is 18.4. The first kappa shape index (κ1) is 17.8. The molecule has 0 amide bonds. The van der Waals surface area contributed by atoms with Crippen molar-refractivity contribution >= 4 is 10.8 Å². The molecule has 1 N–H and O–H groups in total. The van der Waals surface area contributed by atoms with Crippen LogP contribution in [0.4, 0.5) is 0 Å². The third kappa shape index (κ3) is 4.53. The van der Waals surface area contributed by atoms with E-state index in [1.165, 1.54) is 0 Å². The number of nitrogens with zero attached hydrogens (tertiary/aromatic N) is 1. The number of fused-ring (bicyclic) bond motifs is 1. The number of terminal acetylenes is 1. The lowest BCUT2D eigenvalue weighted by molar-refractivity contribution is -0.125. The summed E-state index contributed by atoms with van der Waals surface area (Å²) in [7, 11) is 0. The molecule has 0 bridgehead atoms. The molecule has 0 fully saturated rings. The molecule has 26 heavy (non-hydrogen) atoms. The first-order valence-electron chi connectivity index (χ1n) is 8.47. The van der Waals surface area contributed by atoms with Gasteiger partial charge in [-0.05, 0) is 47.7 Å². The summed E-state index contributed by atoms with van der Waals surface area (Å²) >= 11 is 0. The Kier molecular flexibility index (Phi) is 5.40. The van der Waals surface area contributed by atoms with Crippen molar-refractivity contribution in [3.8, 4) is 23.8 Å².